The molecule has 3 N–H and O–H groups in total. The quantitative estimate of drug-likeness (QED) is 0.656. The van der Waals surface area contributed by atoms with Crippen molar-refractivity contribution in [3.63, 3.8) is 0 Å². The lowest BCUT2D eigenvalue weighted by atomic mass is 9.84. The zero-order valence-corrected chi connectivity index (χ0v) is 11.4. The molecule has 0 aliphatic carbocycles. The van der Waals surface area contributed by atoms with Gasteiger partial charge in [0.05, 0.1) is 12.0 Å². The molecule has 0 aromatic rings. The highest BCUT2D eigenvalue weighted by molar-refractivity contribution is 5.85. The summed E-state index contributed by atoms with van der Waals surface area (Å²) in [6, 6.07) is -0.386. The standard InChI is InChI=1S/C12H21N3O4/c1-3-12(10(17)18)5-6-15(8-12)11(19)14-7-9(16)13-4-2/h3-8H2,1-2H3,(H,13,16)(H,14,19)(H,17,18). The third-order valence-corrected chi connectivity index (χ3v) is 3.55. The molecule has 7 nitrogen and oxygen atoms in total. The number of likely N-dealkylation sites (tertiary alicyclic amines) is 1. The third kappa shape index (κ3) is 3.59. The maximum Gasteiger partial charge on any atom is 0.317 e. The Labute approximate surface area is 112 Å². The number of carbonyl (C=O) groups is 3. The molecule has 19 heavy (non-hydrogen) atoms. The van der Waals surface area contributed by atoms with Gasteiger partial charge in [-0.15, -0.1) is 0 Å². The molecular weight excluding hydrogens is 250 g/mol. The SMILES string of the molecule is CCNC(=O)CNC(=O)N1CCC(CC)(C(=O)O)C1. The lowest BCUT2D eigenvalue weighted by Crippen LogP contribution is -2.45. The molecule has 3 amide bonds. The van der Waals surface area contributed by atoms with Crippen LogP contribution in [0.3, 0.4) is 0 Å². The average Bonchev–Trinajstić information content (AvgIpc) is 2.82. The summed E-state index contributed by atoms with van der Waals surface area (Å²) >= 11 is 0. The van der Waals surface area contributed by atoms with Gasteiger partial charge >= 0.3 is 12.0 Å². The molecule has 0 aromatic heterocycles. The molecule has 0 bridgehead atoms. The molecule has 1 rings (SSSR count). The van der Waals surface area contributed by atoms with Crippen molar-refractivity contribution >= 4 is 17.9 Å². The number of carboxylic acid groups (broad SMARTS) is 1. The smallest absolute Gasteiger partial charge is 0.317 e. The number of likely N-dealkylation sites (N-methyl/N-ethyl adjacent to an activating group) is 1. The van der Waals surface area contributed by atoms with E-state index in [9.17, 15) is 19.5 Å². The Morgan fingerprint density at radius 1 is 1.26 bits per heavy atom. The van der Waals surface area contributed by atoms with Crippen LogP contribution in [-0.4, -0.2) is 54.1 Å². The molecule has 0 saturated carbocycles. The molecule has 108 valence electrons. The summed E-state index contributed by atoms with van der Waals surface area (Å²) in [5.74, 6) is -1.12. The van der Waals surface area contributed by atoms with Crippen LogP contribution < -0.4 is 10.6 Å². The molecule has 1 unspecified atom stereocenters. The molecule has 0 spiro atoms. The van der Waals surface area contributed by atoms with E-state index in [-0.39, 0.29) is 25.0 Å². The van der Waals surface area contributed by atoms with Crippen molar-refractivity contribution in [2.24, 2.45) is 5.41 Å². The van der Waals surface area contributed by atoms with Crippen LogP contribution in [0.2, 0.25) is 0 Å². The fraction of sp³-hybridized carbons (Fsp3) is 0.750. The number of aliphatic carboxylic acids is 1. The van der Waals surface area contributed by atoms with Gasteiger partial charge in [-0.3, -0.25) is 9.59 Å². The number of nitrogens with one attached hydrogen (secondary N) is 2. The van der Waals surface area contributed by atoms with Crippen LogP contribution in [0.1, 0.15) is 26.7 Å². The summed E-state index contributed by atoms with van der Waals surface area (Å²) in [7, 11) is 0. The number of hydrogen-bond donors (Lipinski definition) is 3. The third-order valence-electron chi connectivity index (χ3n) is 3.55. The number of rotatable bonds is 5. The van der Waals surface area contributed by atoms with E-state index in [1.807, 2.05) is 6.92 Å². The average molecular weight is 271 g/mol. The lowest BCUT2D eigenvalue weighted by molar-refractivity contribution is -0.148. The Bertz CT molecular complexity index is 372. The molecule has 7 heteroatoms. The maximum atomic E-state index is 11.8. The van der Waals surface area contributed by atoms with Gasteiger partial charge in [0.25, 0.3) is 0 Å². The van der Waals surface area contributed by atoms with Crippen LogP contribution in [-0.2, 0) is 9.59 Å². The van der Waals surface area contributed by atoms with Crippen molar-refractivity contribution in [3.05, 3.63) is 0 Å². The van der Waals surface area contributed by atoms with Gasteiger partial charge < -0.3 is 20.6 Å². The second-order valence-corrected chi connectivity index (χ2v) is 4.72. The topological polar surface area (TPSA) is 98.7 Å². The summed E-state index contributed by atoms with van der Waals surface area (Å²) in [6.07, 6.45) is 0.940. The van der Waals surface area contributed by atoms with E-state index < -0.39 is 11.4 Å². The first-order valence-electron chi connectivity index (χ1n) is 6.48. The second-order valence-electron chi connectivity index (χ2n) is 4.72. The minimum Gasteiger partial charge on any atom is -0.481 e. The van der Waals surface area contributed by atoms with Crippen molar-refractivity contribution < 1.29 is 19.5 Å². The summed E-state index contributed by atoms with van der Waals surface area (Å²) in [4.78, 5) is 35.7. The van der Waals surface area contributed by atoms with Gasteiger partial charge in [-0.1, -0.05) is 6.92 Å². The van der Waals surface area contributed by atoms with Crippen molar-refractivity contribution in [1.29, 1.82) is 0 Å². The number of amides is 3. The molecule has 1 atom stereocenters. The fourth-order valence-electron chi connectivity index (χ4n) is 2.19. The van der Waals surface area contributed by atoms with Crippen molar-refractivity contribution in [2.75, 3.05) is 26.2 Å². The number of carbonyl (C=O) groups excluding carboxylic acids is 2. The Morgan fingerprint density at radius 3 is 2.42 bits per heavy atom. The summed E-state index contributed by atoms with van der Waals surface area (Å²) in [5.41, 5.74) is -0.844. The highest BCUT2D eigenvalue weighted by Gasteiger charge is 2.44. The Morgan fingerprint density at radius 2 is 1.95 bits per heavy atom. The largest absolute Gasteiger partial charge is 0.481 e. The maximum absolute atomic E-state index is 11.8. The summed E-state index contributed by atoms with van der Waals surface area (Å²) < 4.78 is 0. The van der Waals surface area contributed by atoms with Gasteiger partial charge in [-0.25, -0.2) is 4.79 Å². The number of hydrogen-bond acceptors (Lipinski definition) is 3. The molecular formula is C12H21N3O4. The van der Waals surface area contributed by atoms with Crippen LogP contribution in [0.15, 0.2) is 0 Å². The van der Waals surface area contributed by atoms with Gasteiger partial charge in [0, 0.05) is 19.6 Å². The van der Waals surface area contributed by atoms with Crippen LogP contribution in [0.5, 0.6) is 0 Å². The van der Waals surface area contributed by atoms with Gasteiger partial charge in [0.2, 0.25) is 5.91 Å². The van der Waals surface area contributed by atoms with Gasteiger partial charge in [-0.2, -0.15) is 0 Å². The van der Waals surface area contributed by atoms with E-state index in [2.05, 4.69) is 10.6 Å². The highest BCUT2D eigenvalue weighted by atomic mass is 16.4. The van der Waals surface area contributed by atoms with Gasteiger partial charge in [0.1, 0.15) is 0 Å². The number of carboxylic acids is 1. The monoisotopic (exact) mass is 271 g/mol. The first-order chi connectivity index (χ1) is 8.95. The Kier molecular flexibility index (Phi) is 5.14. The normalized spacial score (nSPS) is 22.1. The Balaban J connectivity index is 2.48. The molecule has 1 saturated heterocycles. The van der Waals surface area contributed by atoms with E-state index in [0.717, 1.165) is 0 Å². The minimum absolute atomic E-state index is 0.0879. The first-order valence-corrected chi connectivity index (χ1v) is 6.48. The van der Waals surface area contributed by atoms with Crippen molar-refractivity contribution in [2.45, 2.75) is 26.7 Å². The molecule has 1 aliphatic heterocycles. The molecule has 0 aromatic carbocycles. The van der Waals surface area contributed by atoms with Crippen LogP contribution in [0.4, 0.5) is 4.79 Å². The van der Waals surface area contributed by atoms with E-state index in [1.165, 1.54) is 4.90 Å². The molecule has 1 fully saturated rings. The second kappa shape index (κ2) is 6.40. The number of nitrogens with zero attached hydrogens (tertiary/aromatic N) is 1. The van der Waals surface area contributed by atoms with Crippen molar-refractivity contribution in [3.8, 4) is 0 Å². The molecule has 0 radical (unpaired) electrons. The van der Waals surface area contributed by atoms with Crippen LogP contribution >= 0.6 is 0 Å². The first kappa shape index (κ1) is 15.3. The zero-order valence-electron chi connectivity index (χ0n) is 11.4. The van der Waals surface area contributed by atoms with Gasteiger partial charge in [-0.05, 0) is 19.8 Å². The van der Waals surface area contributed by atoms with E-state index in [4.69, 9.17) is 0 Å². The summed E-state index contributed by atoms with van der Waals surface area (Å²) in [6.45, 7) is 4.63. The molecule has 1 heterocycles. The van der Waals surface area contributed by atoms with E-state index in [1.54, 1.807) is 6.92 Å². The van der Waals surface area contributed by atoms with Crippen LogP contribution in [0, 0.1) is 5.41 Å². The number of urea groups is 1. The zero-order chi connectivity index (χ0) is 14.5. The van der Waals surface area contributed by atoms with E-state index in [0.29, 0.717) is 25.9 Å². The van der Waals surface area contributed by atoms with Crippen LogP contribution in [0.25, 0.3) is 0 Å². The minimum atomic E-state index is -0.867. The highest BCUT2D eigenvalue weighted by Crippen LogP contribution is 2.34. The van der Waals surface area contributed by atoms with Gasteiger partial charge in [0.15, 0.2) is 0 Å². The predicted octanol–water partition coefficient (Wildman–Crippen LogP) is 0.0188. The van der Waals surface area contributed by atoms with Crippen molar-refractivity contribution in [1.82, 2.24) is 15.5 Å². The molecule has 1 aliphatic rings. The fourth-order valence-corrected chi connectivity index (χ4v) is 2.19. The van der Waals surface area contributed by atoms with E-state index >= 15 is 0 Å². The predicted molar refractivity (Wildman–Crippen MR) is 68.6 cm³/mol. The lowest BCUT2D eigenvalue weighted by Gasteiger charge is -2.23. The Hall–Kier alpha value is -1.79. The summed E-state index contributed by atoms with van der Waals surface area (Å²) in [5, 5.41) is 14.3.